The molecule has 2 aliphatic heterocycles. The number of imide groups is 1. The normalized spacial score (nSPS) is 17.6. The topological polar surface area (TPSA) is 53.5 Å². The van der Waals surface area contributed by atoms with Gasteiger partial charge in [0, 0.05) is 36.1 Å². The Kier molecular flexibility index (Phi) is 5.38. The first-order chi connectivity index (χ1) is 13.6. The molecule has 5 nitrogen and oxygen atoms in total. The van der Waals surface area contributed by atoms with E-state index >= 15 is 0 Å². The van der Waals surface area contributed by atoms with Gasteiger partial charge in [0.25, 0.3) is 11.8 Å². The lowest BCUT2D eigenvalue weighted by molar-refractivity contribution is -0.138. The van der Waals surface area contributed by atoms with Crippen molar-refractivity contribution in [1.82, 2.24) is 14.8 Å². The summed E-state index contributed by atoms with van der Waals surface area (Å²) in [5.41, 5.74) is 2.14. The van der Waals surface area contributed by atoms with Gasteiger partial charge >= 0.3 is 0 Å². The van der Waals surface area contributed by atoms with Crippen LogP contribution in [0.5, 0.6) is 0 Å². The molecule has 0 aliphatic carbocycles. The lowest BCUT2D eigenvalue weighted by atomic mass is 10.0. The van der Waals surface area contributed by atoms with Crippen molar-refractivity contribution < 1.29 is 9.59 Å². The monoisotopic (exact) mass is 415 g/mol. The minimum absolute atomic E-state index is 0.178. The smallest absolute Gasteiger partial charge is 0.278 e. The summed E-state index contributed by atoms with van der Waals surface area (Å²) in [6, 6.07) is 8.63. The van der Waals surface area contributed by atoms with Crippen molar-refractivity contribution in [2.45, 2.75) is 25.8 Å². The Morgan fingerprint density at radius 2 is 1.79 bits per heavy atom. The number of pyridine rings is 1. The van der Waals surface area contributed by atoms with Crippen LogP contribution in [0.2, 0.25) is 10.0 Å². The molecule has 28 heavy (non-hydrogen) atoms. The molecule has 7 heteroatoms. The molecule has 0 atom stereocenters. The largest absolute Gasteiger partial charge is 0.366 e. The first kappa shape index (κ1) is 19.0. The van der Waals surface area contributed by atoms with E-state index in [-0.39, 0.29) is 18.4 Å². The number of hydrogen-bond acceptors (Lipinski definition) is 4. The fourth-order valence-electron chi connectivity index (χ4n) is 3.73. The quantitative estimate of drug-likeness (QED) is 0.703. The Hall–Kier alpha value is -2.37. The van der Waals surface area contributed by atoms with Gasteiger partial charge in [-0.25, -0.2) is 0 Å². The molecule has 2 aliphatic rings. The van der Waals surface area contributed by atoms with E-state index in [2.05, 4.69) is 4.98 Å². The third-order valence-corrected chi connectivity index (χ3v) is 5.63. The van der Waals surface area contributed by atoms with E-state index in [4.69, 9.17) is 23.2 Å². The molecule has 4 rings (SSSR count). The van der Waals surface area contributed by atoms with E-state index in [9.17, 15) is 9.59 Å². The average Bonchev–Trinajstić information content (AvgIpc) is 2.94. The van der Waals surface area contributed by atoms with E-state index in [1.807, 2.05) is 11.0 Å². The molecule has 1 aromatic carbocycles. The summed E-state index contributed by atoms with van der Waals surface area (Å²) in [5, 5.41) is 0.847. The number of hydrogen-bond donors (Lipinski definition) is 0. The average molecular weight is 416 g/mol. The van der Waals surface area contributed by atoms with Crippen molar-refractivity contribution in [3.05, 3.63) is 69.6 Å². The molecule has 1 saturated heterocycles. The summed E-state index contributed by atoms with van der Waals surface area (Å²) in [7, 11) is 0. The zero-order valence-corrected chi connectivity index (χ0v) is 16.7. The van der Waals surface area contributed by atoms with Gasteiger partial charge in [0.05, 0.1) is 17.1 Å². The number of benzene rings is 1. The number of amides is 2. The maximum absolute atomic E-state index is 13.3. The second-order valence-electron chi connectivity index (χ2n) is 6.95. The SMILES string of the molecule is O=C1C(c2ccc(Cl)cc2Cl)=C(N2CCCCC2)C(=O)N1Cc1cccnc1. The van der Waals surface area contributed by atoms with Crippen LogP contribution in [-0.4, -0.2) is 39.7 Å². The Balaban J connectivity index is 1.78. The molecule has 0 spiro atoms. The van der Waals surface area contributed by atoms with Crippen LogP contribution in [0.1, 0.15) is 30.4 Å². The summed E-state index contributed by atoms with van der Waals surface area (Å²) in [4.78, 5) is 34.0. The first-order valence-electron chi connectivity index (χ1n) is 9.26. The number of piperidine rings is 1. The van der Waals surface area contributed by atoms with Gasteiger partial charge in [-0.3, -0.25) is 19.5 Å². The third kappa shape index (κ3) is 3.52. The van der Waals surface area contributed by atoms with Gasteiger partial charge in [0.15, 0.2) is 0 Å². The second kappa shape index (κ2) is 7.94. The Labute approximate surface area is 173 Å². The van der Waals surface area contributed by atoms with Crippen molar-refractivity contribution in [1.29, 1.82) is 0 Å². The molecule has 3 heterocycles. The Bertz CT molecular complexity index is 953. The lowest BCUT2D eigenvalue weighted by Crippen LogP contribution is -2.36. The number of aromatic nitrogens is 1. The summed E-state index contributed by atoms with van der Waals surface area (Å²) in [5.74, 6) is -0.615. The van der Waals surface area contributed by atoms with Crippen LogP contribution in [0.4, 0.5) is 0 Å². The van der Waals surface area contributed by atoms with Crippen molar-refractivity contribution >= 4 is 40.6 Å². The number of carbonyl (C=O) groups excluding carboxylic acids is 2. The standard InChI is InChI=1S/C21H19Cl2N3O2/c22-15-6-7-16(17(23)11-15)18-19(25-9-2-1-3-10-25)21(28)26(20(18)27)13-14-5-4-8-24-12-14/h4-8,11-12H,1-3,9-10,13H2. The molecule has 0 N–H and O–H groups in total. The number of nitrogens with zero attached hydrogens (tertiary/aromatic N) is 3. The summed E-state index contributed by atoms with van der Waals surface area (Å²) >= 11 is 12.4. The van der Waals surface area contributed by atoms with Gasteiger partial charge < -0.3 is 4.90 Å². The third-order valence-electron chi connectivity index (χ3n) is 5.08. The molecule has 0 unspecified atom stereocenters. The van der Waals surface area contributed by atoms with Gasteiger partial charge in [0.2, 0.25) is 0 Å². The van der Waals surface area contributed by atoms with Gasteiger partial charge in [-0.05, 0) is 43.0 Å². The van der Waals surface area contributed by atoms with Crippen molar-refractivity contribution in [3.63, 3.8) is 0 Å². The molecular weight excluding hydrogens is 397 g/mol. The van der Waals surface area contributed by atoms with Crippen molar-refractivity contribution in [2.75, 3.05) is 13.1 Å². The van der Waals surface area contributed by atoms with Crippen LogP contribution in [0.15, 0.2) is 48.4 Å². The predicted octanol–water partition coefficient (Wildman–Crippen LogP) is 4.15. The van der Waals surface area contributed by atoms with Crippen LogP contribution in [0.3, 0.4) is 0 Å². The highest BCUT2D eigenvalue weighted by Crippen LogP contribution is 2.37. The minimum atomic E-state index is -0.335. The highest BCUT2D eigenvalue weighted by Gasteiger charge is 2.42. The van der Waals surface area contributed by atoms with E-state index in [1.54, 1.807) is 36.7 Å². The molecule has 144 valence electrons. The van der Waals surface area contributed by atoms with Crippen molar-refractivity contribution in [2.24, 2.45) is 0 Å². The highest BCUT2D eigenvalue weighted by atomic mass is 35.5. The number of halogens is 2. The zero-order valence-electron chi connectivity index (χ0n) is 15.2. The van der Waals surface area contributed by atoms with Gasteiger partial charge in [-0.1, -0.05) is 35.3 Å². The highest BCUT2D eigenvalue weighted by molar-refractivity contribution is 6.41. The molecule has 0 saturated carbocycles. The molecular formula is C21H19Cl2N3O2. The lowest BCUT2D eigenvalue weighted by Gasteiger charge is -2.29. The summed E-state index contributed by atoms with van der Waals surface area (Å²) < 4.78 is 0. The maximum Gasteiger partial charge on any atom is 0.278 e. The van der Waals surface area contributed by atoms with E-state index < -0.39 is 0 Å². The minimum Gasteiger partial charge on any atom is -0.366 e. The second-order valence-corrected chi connectivity index (χ2v) is 7.80. The number of rotatable bonds is 4. The van der Waals surface area contributed by atoms with E-state index in [1.165, 1.54) is 4.90 Å². The van der Waals surface area contributed by atoms with E-state index in [0.717, 1.165) is 37.9 Å². The zero-order chi connectivity index (χ0) is 19.7. The van der Waals surface area contributed by atoms with E-state index in [0.29, 0.717) is 26.9 Å². The van der Waals surface area contributed by atoms with Crippen LogP contribution in [-0.2, 0) is 16.1 Å². The molecule has 2 amide bonds. The van der Waals surface area contributed by atoms with Crippen LogP contribution in [0.25, 0.3) is 5.57 Å². The van der Waals surface area contributed by atoms with Crippen LogP contribution >= 0.6 is 23.2 Å². The number of carbonyl (C=O) groups is 2. The number of likely N-dealkylation sites (tertiary alicyclic amines) is 1. The molecule has 0 bridgehead atoms. The van der Waals surface area contributed by atoms with Gasteiger partial charge in [-0.15, -0.1) is 0 Å². The summed E-state index contributed by atoms with van der Waals surface area (Å²) in [6.07, 6.45) is 6.44. The Morgan fingerprint density at radius 1 is 1.00 bits per heavy atom. The fraction of sp³-hybridized carbons (Fsp3) is 0.286. The Morgan fingerprint density at radius 3 is 2.46 bits per heavy atom. The fourth-order valence-corrected chi connectivity index (χ4v) is 4.23. The summed E-state index contributed by atoms with van der Waals surface area (Å²) in [6.45, 7) is 1.69. The van der Waals surface area contributed by atoms with Crippen molar-refractivity contribution in [3.8, 4) is 0 Å². The van der Waals surface area contributed by atoms with Gasteiger partial charge in [0.1, 0.15) is 5.70 Å². The van der Waals surface area contributed by atoms with Gasteiger partial charge in [-0.2, -0.15) is 0 Å². The molecule has 1 fully saturated rings. The molecule has 0 radical (unpaired) electrons. The maximum atomic E-state index is 13.3. The van der Waals surface area contributed by atoms with Crippen LogP contribution in [0, 0.1) is 0 Å². The predicted molar refractivity (Wildman–Crippen MR) is 109 cm³/mol. The first-order valence-corrected chi connectivity index (χ1v) is 10.0. The molecule has 2 aromatic rings. The molecule has 1 aromatic heterocycles. The van der Waals surface area contributed by atoms with Crippen LogP contribution < -0.4 is 0 Å².